The number of hydrogen-bond donors (Lipinski definition) is 1. The molecule has 2 aromatic rings. The highest BCUT2D eigenvalue weighted by atomic mass is 15.3. The number of hydrogen-bond acceptors (Lipinski definition) is 2. The van der Waals surface area contributed by atoms with E-state index in [0.717, 1.165) is 13.1 Å². The van der Waals surface area contributed by atoms with Crippen LogP contribution in [0.2, 0.25) is 0 Å². The van der Waals surface area contributed by atoms with Crippen molar-refractivity contribution >= 4 is 10.9 Å². The van der Waals surface area contributed by atoms with Crippen LogP contribution in [0.1, 0.15) is 39.2 Å². The molecule has 1 N–H and O–H groups in total. The lowest BCUT2D eigenvalue weighted by Gasteiger charge is -2.14. The largest absolute Gasteiger partial charge is 0.315 e. The van der Waals surface area contributed by atoms with Crippen LogP contribution >= 0.6 is 0 Å². The Bertz CT molecular complexity index is 475. The molecule has 0 spiro atoms. The number of para-hydroxylation sites is 1. The Hall–Kier alpha value is -1.35. The van der Waals surface area contributed by atoms with Gasteiger partial charge in [-0.1, -0.05) is 38.0 Å². The summed E-state index contributed by atoms with van der Waals surface area (Å²) in [6.07, 6.45) is 5.80. The van der Waals surface area contributed by atoms with Crippen molar-refractivity contribution in [1.82, 2.24) is 15.1 Å². The van der Waals surface area contributed by atoms with E-state index in [4.69, 9.17) is 0 Å². The molecule has 0 fully saturated rings. The monoisotopic (exact) mass is 245 g/mol. The van der Waals surface area contributed by atoms with Crippen molar-refractivity contribution in [1.29, 1.82) is 0 Å². The van der Waals surface area contributed by atoms with Crippen LogP contribution < -0.4 is 5.32 Å². The molecule has 0 amide bonds. The van der Waals surface area contributed by atoms with Gasteiger partial charge < -0.3 is 5.32 Å². The molecule has 0 aliphatic rings. The minimum absolute atomic E-state index is 0.395. The van der Waals surface area contributed by atoms with Crippen LogP contribution in [0.25, 0.3) is 10.9 Å². The Labute approximate surface area is 109 Å². The van der Waals surface area contributed by atoms with E-state index in [-0.39, 0.29) is 0 Å². The first-order chi connectivity index (χ1) is 8.83. The fraction of sp³-hybridized carbons (Fsp3) is 0.533. The van der Waals surface area contributed by atoms with Gasteiger partial charge in [-0.15, -0.1) is 0 Å². The number of fused-ring (bicyclic) bond motifs is 1. The molecule has 1 aromatic carbocycles. The minimum Gasteiger partial charge on any atom is -0.315 e. The van der Waals surface area contributed by atoms with Crippen molar-refractivity contribution in [2.24, 2.45) is 0 Å². The maximum absolute atomic E-state index is 4.49. The van der Waals surface area contributed by atoms with Crippen molar-refractivity contribution in [3.8, 4) is 0 Å². The Balaban J connectivity index is 1.90. The van der Waals surface area contributed by atoms with Gasteiger partial charge in [-0.2, -0.15) is 5.10 Å². The number of benzene rings is 1. The lowest BCUT2D eigenvalue weighted by Crippen LogP contribution is -2.25. The first kappa shape index (κ1) is 13.1. The summed E-state index contributed by atoms with van der Waals surface area (Å²) in [5, 5.41) is 9.22. The molecule has 0 radical (unpaired) electrons. The first-order valence-electron chi connectivity index (χ1n) is 6.96. The van der Waals surface area contributed by atoms with Crippen molar-refractivity contribution < 1.29 is 0 Å². The van der Waals surface area contributed by atoms with E-state index in [9.17, 15) is 0 Å². The third-order valence-electron chi connectivity index (χ3n) is 3.32. The van der Waals surface area contributed by atoms with Crippen molar-refractivity contribution in [3.05, 3.63) is 30.5 Å². The molecule has 1 atom stereocenters. The molecule has 0 saturated carbocycles. The van der Waals surface area contributed by atoms with E-state index in [2.05, 4.69) is 53.2 Å². The Morgan fingerprint density at radius 3 is 2.94 bits per heavy atom. The molecule has 0 aliphatic heterocycles. The quantitative estimate of drug-likeness (QED) is 0.758. The van der Waals surface area contributed by atoms with E-state index < -0.39 is 0 Å². The van der Waals surface area contributed by atoms with Gasteiger partial charge >= 0.3 is 0 Å². The third-order valence-corrected chi connectivity index (χ3v) is 3.32. The molecule has 2 rings (SSSR count). The number of nitrogens with one attached hydrogen (secondary N) is 1. The molecule has 0 saturated heterocycles. The van der Waals surface area contributed by atoms with E-state index in [1.807, 2.05) is 6.20 Å². The SMILES string of the molecule is CCCCCNCC(C)n1ncc2ccccc21. The van der Waals surface area contributed by atoms with Gasteiger partial charge in [0.05, 0.1) is 17.8 Å². The van der Waals surface area contributed by atoms with Gasteiger partial charge in [0.1, 0.15) is 0 Å². The van der Waals surface area contributed by atoms with Gasteiger partial charge in [-0.3, -0.25) is 4.68 Å². The fourth-order valence-electron chi connectivity index (χ4n) is 2.24. The summed E-state index contributed by atoms with van der Waals surface area (Å²) in [5.74, 6) is 0. The van der Waals surface area contributed by atoms with E-state index in [0.29, 0.717) is 6.04 Å². The molecule has 0 aliphatic carbocycles. The lowest BCUT2D eigenvalue weighted by molar-refractivity contribution is 0.460. The van der Waals surface area contributed by atoms with Crippen LogP contribution in [-0.2, 0) is 0 Å². The second-order valence-corrected chi connectivity index (χ2v) is 4.91. The van der Waals surface area contributed by atoms with Gasteiger partial charge in [-0.05, 0) is 26.0 Å². The topological polar surface area (TPSA) is 29.9 Å². The Morgan fingerprint density at radius 1 is 1.28 bits per heavy atom. The van der Waals surface area contributed by atoms with Crippen LogP contribution in [0.3, 0.4) is 0 Å². The van der Waals surface area contributed by atoms with Gasteiger partial charge in [0.15, 0.2) is 0 Å². The van der Waals surface area contributed by atoms with Crippen LogP contribution in [0.15, 0.2) is 30.5 Å². The van der Waals surface area contributed by atoms with E-state index in [1.165, 1.54) is 30.2 Å². The summed E-state index contributed by atoms with van der Waals surface area (Å²) >= 11 is 0. The Kier molecular flexibility index (Phi) is 4.76. The zero-order chi connectivity index (χ0) is 12.8. The second kappa shape index (κ2) is 6.55. The highest BCUT2D eigenvalue weighted by Gasteiger charge is 2.08. The van der Waals surface area contributed by atoms with Crippen molar-refractivity contribution in [3.63, 3.8) is 0 Å². The van der Waals surface area contributed by atoms with E-state index in [1.54, 1.807) is 0 Å². The average Bonchev–Trinajstić information content (AvgIpc) is 2.82. The Morgan fingerprint density at radius 2 is 2.11 bits per heavy atom. The average molecular weight is 245 g/mol. The predicted molar refractivity (Wildman–Crippen MR) is 76.8 cm³/mol. The zero-order valence-electron chi connectivity index (χ0n) is 11.4. The van der Waals surface area contributed by atoms with E-state index >= 15 is 0 Å². The molecule has 1 unspecified atom stereocenters. The maximum Gasteiger partial charge on any atom is 0.0686 e. The van der Waals surface area contributed by atoms with Crippen molar-refractivity contribution in [2.75, 3.05) is 13.1 Å². The number of aromatic nitrogens is 2. The van der Waals surface area contributed by atoms with Gasteiger partial charge in [0.25, 0.3) is 0 Å². The van der Waals surface area contributed by atoms with Gasteiger partial charge in [-0.25, -0.2) is 0 Å². The van der Waals surface area contributed by atoms with Gasteiger partial charge in [0.2, 0.25) is 0 Å². The molecule has 18 heavy (non-hydrogen) atoms. The van der Waals surface area contributed by atoms with Crippen LogP contribution in [0, 0.1) is 0 Å². The first-order valence-corrected chi connectivity index (χ1v) is 6.96. The summed E-state index contributed by atoms with van der Waals surface area (Å²) in [5.41, 5.74) is 1.22. The van der Waals surface area contributed by atoms with Gasteiger partial charge in [0, 0.05) is 11.9 Å². The minimum atomic E-state index is 0.395. The normalized spacial score (nSPS) is 13.0. The highest BCUT2D eigenvalue weighted by Crippen LogP contribution is 2.16. The third kappa shape index (κ3) is 3.10. The van der Waals surface area contributed by atoms with Crippen LogP contribution in [0.4, 0.5) is 0 Å². The maximum atomic E-state index is 4.49. The van der Waals surface area contributed by atoms with Crippen LogP contribution in [-0.4, -0.2) is 22.9 Å². The smallest absolute Gasteiger partial charge is 0.0686 e. The van der Waals surface area contributed by atoms with Crippen molar-refractivity contribution in [2.45, 2.75) is 39.2 Å². The molecular formula is C15H23N3. The molecular weight excluding hydrogens is 222 g/mol. The predicted octanol–water partition coefficient (Wildman–Crippen LogP) is 3.38. The number of rotatable bonds is 7. The number of unbranched alkanes of at least 4 members (excludes halogenated alkanes) is 2. The molecule has 98 valence electrons. The fourth-order valence-corrected chi connectivity index (χ4v) is 2.24. The number of nitrogens with zero attached hydrogens (tertiary/aromatic N) is 2. The molecule has 3 nitrogen and oxygen atoms in total. The summed E-state index contributed by atoms with van der Waals surface area (Å²) < 4.78 is 2.11. The highest BCUT2D eigenvalue weighted by molar-refractivity contribution is 5.78. The summed E-state index contributed by atoms with van der Waals surface area (Å²) in [6, 6.07) is 8.77. The summed E-state index contributed by atoms with van der Waals surface area (Å²) in [6.45, 7) is 6.54. The molecule has 1 heterocycles. The second-order valence-electron chi connectivity index (χ2n) is 4.91. The molecule has 1 aromatic heterocycles. The lowest BCUT2D eigenvalue weighted by atomic mass is 10.2. The summed E-state index contributed by atoms with van der Waals surface area (Å²) in [4.78, 5) is 0. The summed E-state index contributed by atoms with van der Waals surface area (Å²) in [7, 11) is 0. The molecule has 0 bridgehead atoms. The van der Waals surface area contributed by atoms with Crippen LogP contribution in [0.5, 0.6) is 0 Å². The zero-order valence-corrected chi connectivity index (χ0v) is 11.4. The standard InChI is InChI=1S/C15H23N3/c1-3-4-7-10-16-11-13(2)18-15-9-6-5-8-14(15)12-17-18/h5-6,8-9,12-13,16H,3-4,7,10-11H2,1-2H3. The molecule has 3 heteroatoms.